The lowest BCUT2D eigenvalue weighted by Gasteiger charge is -2.37. The third-order valence-corrected chi connectivity index (χ3v) is 3.40. The predicted molar refractivity (Wildman–Crippen MR) is 45.7 cm³/mol. The van der Waals surface area contributed by atoms with Gasteiger partial charge in [0.05, 0.1) is 6.10 Å². The van der Waals surface area contributed by atoms with Crippen LogP contribution in [-0.4, -0.2) is 17.0 Å². The summed E-state index contributed by atoms with van der Waals surface area (Å²) in [6.07, 6.45) is 5.61. The molecule has 0 bridgehead atoms. The Morgan fingerprint density at radius 1 is 1.17 bits per heavy atom. The van der Waals surface area contributed by atoms with Crippen molar-refractivity contribution in [2.75, 3.05) is 0 Å². The van der Waals surface area contributed by atoms with Crippen LogP contribution in [0.15, 0.2) is 0 Å². The van der Waals surface area contributed by atoms with Crippen molar-refractivity contribution in [3.8, 4) is 0 Å². The molecular formula is C10H16O2. The van der Waals surface area contributed by atoms with Gasteiger partial charge in [0.25, 0.3) is 0 Å². The van der Waals surface area contributed by atoms with E-state index in [1.807, 2.05) is 0 Å². The molecule has 68 valence electrons. The van der Waals surface area contributed by atoms with Crippen LogP contribution in [0.1, 0.15) is 38.5 Å². The first-order valence-corrected chi connectivity index (χ1v) is 5.00. The predicted octanol–water partition coefficient (Wildman–Crippen LogP) is 1.52. The topological polar surface area (TPSA) is 37.3 Å². The van der Waals surface area contributed by atoms with Crippen LogP contribution >= 0.6 is 0 Å². The molecule has 2 aliphatic rings. The van der Waals surface area contributed by atoms with E-state index in [0.29, 0.717) is 11.7 Å². The van der Waals surface area contributed by atoms with E-state index in [1.165, 1.54) is 0 Å². The molecule has 2 rings (SSSR count). The zero-order valence-corrected chi connectivity index (χ0v) is 7.33. The number of ketones is 1. The number of carbonyl (C=O) groups excluding carboxylic acids is 1. The Hall–Kier alpha value is -0.370. The van der Waals surface area contributed by atoms with E-state index in [0.717, 1.165) is 38.5 Å². The standard InChI is InChI=1S/C10H16O2/c11-9-5-1-3-7-8(9)4-2-6-10(7)12/h7-9,11H,1-6H2/t7-,8+,9?/m0/s1. The summed E-state index contributed by atoms with van der Waals surface area (Å²) in [6, 6.07) is 0. The molecule has 0 aromatic rings. The molecule has 0 aromatic heterocycles. The maximum atomic E-state index is 11.5. The highest BCUT2D eigenvalue weighted by atomic mass is 16.3. The molecule has 1 unspecified atom stereocenters. The minimum atomic E-state index is -0.187. The number of hydrogen-bond acceptors (Lipinski definition) is 2. The molecule has 2 saturated carbocycles. The second-order valence-corrected chi connectivity index (χ2v) is 4.13. The molecule has 1 N–H and O–H groups in total. The summed E-state index contributed by atoms with van der Waals surface area (Å²) in [5, 5.41) is 9.67. The van der Waals surface area contributed by atoms with Gasteiger partial charge in [0, 0.05) is 12.3 Å². The SMILES string of the molecule is O=C1CCC[C@H]2C(O)CCC[C@H]12. The van der Waals surface area contributed by atoms with Crippen molar-refractivity contribution in [2.45, 2.75) is 44.6 Å². The molecule has 0 saturated heterocycles. The van der Waals surface area contributed by atoms with E-state index in [2.05, 4.69) is 0 Å². The lowest BCUT2D eigenvalue weighted by Crippen LogP contribution is -2.39. The highest BCUT2D eigenvalue weighted by molar-refractivity contribution is 5.82. The van der Waals surface area contributed by atoms with Gasteiger partial charge < -0.3 is 5.11 Å². The van der Waals surface area contributed by atoms with Crippen LogP contribution in [0.3, 0.4) is 0 Å². The van der Waals surface area contributed by atoms with Crippen LogP contribution < -0.4 is 0 Å². The molecule has 2 heteroatoms. The first-order chi connectivity index (χ1) is 5.79. The molecule has 0 aliphatic heterocycles. The normalized spacial score (nSPS) is 42.4. The van der Waals surface area contributed by atoms with Crippen LogP contribution in [0.5, 0.6) is 0 Å². The van der Waals surface area contributed by atoms with Gasteiger partial charge in [-0.25, -0.2) is 0 Å². The van der Waals surface area contributed by atoms with Crippen LogP contribution in [0.2, 0.25) is 0 Å². The van der Waals surface area contributed by atoms with Crippen molar-refractivity contribution >= 4 is 5.78 Å². The molecular weight excluding hydrogens is 152 g/mol. The molecule has 0 spiro atoms. The van der Waals surface area contributed by atoms with E-state index in [4.69, 9.17) is 0 Å². The summed E-state index contributed by atoms with van der Waals surface area (Å²) in [6.45, 7) is 0. The van der Waals surface area contributed by atoms with E-state index < -0.39 is 0 Å². The molecule has 2 aliphatic carbocycles. The van der Waals surface area contributed by atoms with Crippen molar-refractivity contribution in [2.24, 2.45) is 11.8 Å². The first kappa shape index (κ1) is 8.24. The Morgan fingerprint density at radius 3 is 2.75 bits per heavy atom. The Labute approximate surface area is 73.0 Å². The average molecular weight is 168 g/mol. The van der Waals surface area contributed by atoms with Gasteiger partial charge in [0.1, 0.15) is 5.78 Å². The maximum absolute atomic E-state index is 11.5. The van der Waals surface area contributed by atoms with Crippen LogP contribution in [0.25, 0.3) is 0 Å². The lowest BCUT2D eigenvalue weighted by molar-refractivity contribution is -0.131. The fourth-order valence-electron chi connectivity index (χ4n) is 2.73. The average Bonchev–Trinajstić information content (AvgIpc) is 2.07. The summed E-state index contributed by atoms with van der Waals surface area (Å²) in [7, 11) is 0. The van der Waals surface area contributed by atoms with E-state index in [9.17, 15) is 9.90 Å². The Balaban J connectivity index is 2.10. The summed E-state index contributed by atoms with van der Waals surface area (Å²) >= 11 is 0. The molecule has 12 heavy (non-hydrogen) atoms. The van der Waals surface area contributed by atoms with Gasteiger partial charge in [-0.2, -0.15) is 0 Å². The second kappa shape index (κ2) is 3.17. The molecule has 0 amide bonds. The zero-order chi connectivity index (χ0) is 8.55. The van der Waals surface area contributed by atoms with Gasteiger partial charge in [0.2, 0.25) is 0 Å². The molecule has 2 nitrogen and oxygen atoms in total. The quantitative estimate of drug-likeness (QED) is 0.595. The van der Waals surface area contributed by atoms with E-state index in [1.54, 1.807) is 0 Å². The molecule has 0 heterocycles. The third-order valence-electron chi connectivity index (χ3n) is 3.40. The van der Waals surface area contributed by atoms with Crippen molar-refractivity contribution in [3.05, 3.63) is 0 Å². The zero-order valence-electron chi connectivity index (χ0n) is 7.33. The van der Waals surface area contributed by atoms with Crippen LogP contribution in [0, 0.1) is 11.8 Å². The molecule has 0 aromatic carbocycles. The van der Waals surface area contributed by atoms with E-state index >= 15 is 0 Å². The molecule has 3 atom stereocenters. The fourth-order valence-corrected chi connectivity index (χ4v) is 2.73. The van der Waals surface area contributed by atoms with E-state index in [-0.39, 0.29) is 12.0 Å². The Bertz CT molecular complexity index is 188. The van der Waals surface area contributed by atoms with Crippen molar-refractivity contribution in [1.29, 1.82) is 0 Å². The summed E-state index contributed by atoms with van der Waals surface area (Å²) in [5.74, 6) is 0.924. The largest absolute Gasteiger partial charge is 0.393 e. The summed E-state index contributed by atoms with van der Waals surface area (Å²) in [4.78, 5) is 11.5. The number of hydrogen-bond donors (Lipinski definition) is 1. The first-order valence-electron chi connectivity index (χ1n) is 5.00. The van der Waals surface area contributed by atoms with Gasteiger partial charge in [-0.1, -0.05) is 6.42 Å². The van der Waals surface area contributed by atoms with Gasteiger partial charge in [0.15, 0.2) is 0 Å². The van der Waals surface area contributed by atoms with Gasteiger partial charge in [-0.3, -0.25) is 4.79 Å². The van der Waals surface area contributed by atoms with Crippen LogP contribution in [0.4, 0.5) is 0 Å². The third kappa shape index (κ3) is 1.28. The smallest absolute Gasteiger partial charge is 0.136 e. The van der Waals surface area contributed by atoms with Gasteiger partial charge in [-0.05, 0) is 31.6 Å². The monoisotopic (exact) mass is 168 g/mol. The summed E-state index contributed by atoms with van der Waals surface area (Å²) in [5.41, 5.74) is 0. The maximum Gasteiger partial charge on any atom is 0.136 e. The number of aliphatic hydroxyl groups excluding tert-OH is 1. The number of aliphatic hydroxyl groups is 1. The summed E-state index contributed by atoms with van der Waals surface area (Å²) < 4.78 is 0. The highest BCUT2D eigenvalue weighted by Crippen LogP contribution is 2.38. The van der Waals surface area contributed by atoms with Gasteiger partial charge >= 0.3 is 0 Å². The Kier molecular flexibility index (Phi) is 2.18. The van der Waals surface area contributed by atoms with Crippen molar-refractivity contribution in [3.63, 3.8) is 0 Å². The number of carbonyl (C=O) groups is 1. The fraction of sp³-hybridized carbons (Fsp3) is 0.900. The minimum Gasteiger partial charge on any atom is -0.393 e. The number of Topliss-reactive ketones (excluding diaryl/α,β-unsaturated/α-hetero) is 1. The van der Waals surface area contributed by atoms with Gasteiger partial charge in [-0.15, -0.1) is 0 Å². The van der Waals surface area contributed by atoms with Crippen LogP contribution in [-0.2, 0) is 4.79 Å². The number of rotatable bonds is 0. The molecule has 0 radical (unpaired) electrons. The van der Waals surface area contributed by atoms with Crippen molar-refractivity contribution in [1.82, 2.24) is 0 Å². The lowest BCUT2D eigenvalue weighted by atomic mass is 9.69. The minimum absolute atomic E-state index is 0.187. The second-order valence-electron chi connectivity index (χ2n) is 4.13. The highest BCUT2D eigenvalue weighted by Gasteiger charge is 2.38. The molecule has 2 fully saturated rings. The Morgan fingerprint density at radius 2 is 2.00 bits per heavy atom. The van der Waals surface area contributed by atoms with Crippen molar-refractivity contribution < 1.29 is 9.90 Å². The number of fused-ring (bicyclic) bond motifs is 1.